The fourth-order valence-electron chi connectivity index (χ4n) is 2.48. The van der Waals surface area contributed by atoms with Crippen molar-refractivity contribution >= 4 is 21.6 Å². The third kappa shape index (κ3) is 2.45. The molecule has 0 amide bonds. The summed E-state index contributed by atoms with van der Waals surface area (Å²) in [5.41, 5.74) is 3.55. The Hall–Kier alpha value is -1.55. The van der Waals surface area contributed by atoms with Gasteiger partial charge in [0.15, 0.2) is 0 Å². The maximum atomic E-state index is 5.27. The van der Waals surface area contributed by atoms with E-state index >= 15 is 0 Å². The zero-order chi connectivity index (χ0) is 13.2. The molecule has 3 nitrogen and oxygen atoms in total. The van der Waals surface area contributed by atoms with Crippen molar-refractivity contribution in [1.82, 2.24) is 4.98 Å². The van der Waals surface area contributed by atoms with Gasteiger partial charge in [0.25, 0.3) is 0 Å². The summed E-state index contributed by atoms with van der Waals surface area (Å²) in [5.74, 6) is 0.852. The van der Waals surface area contributed by atoms with Gasteiger partial charge in [0, 0.05) is 16.7 Å². The number of fused-ring (bicyclic) bond motifs is 1. The van der Waals surface area contributed by atoms with Crippen LogP contribution in [0.1, 0.15) is 23.7 Å². The number of anilines is 1. The minimum atomic E-state index is 0.277. The minimum Gasteiger partial charge on any atom is -0.497 e. The predicted octanol–water partition coefficient (Wildman–Crippen LogP) is 3.95. The number of pyridine rings is 1. The lowest BCUT2D eigenvalue weighted by molar-refractivity contribution is 0.415. The summed E-state index contributed by atoms with van der Waals surface area (Å²) >= 11 is 3.57. The van der Waals surface area contributed by atoms with Crippen LogP contribution in [0, 0.1) is 0 Å². The van der Waals surface area contributed by atoms with Gasteiger partial charge in [-0.05, 0) is 52.5 Å². The molecular formula is C15H15BrN2O. The van der Waals surface area contributed by atoms with Gasteiger partial charge in [-0.25, -0.2) is 0 Å². The Morgan fingerprint density at radius 2 is 2.26 bits per heavy atom. The molecule has 0 aliphatic heterocycles. The smallest absolute Gasteiger partial charge is 0.121 e. The molecule has 1 unspecified atom stereocenters. The molecule has 0 saturated carbocycles. The number of rotatable bonds is 3. The van der Waals surface area contributed by atoms with E-state index < -0.39 is 0 Å². The molecule has 3 rings (SSSR count). The number of aryl methyl sites for hydroxylation is 1. The zero-order valence-corrected chi connectivity index (χ0v) is 12.3. The minimum absolute atomic E-state index is 0.277. The van der Waals surface area contributed by atoms with E-state index in [1.807, 2.05) is 30.5 Å². The summed E-state index contributed by atoms with van der Waals surface area (Å²) in [6.07, 6.45) is 4.03. The molecule has 0 radical (unpaired) electrons. The van der Waals surface area contributed by atoms with E-state index in [1.165, 1.54) is 5.56 Å². The predicted molar refractivity (Wildman–Crippen MR) is 79.6 cm³/mol. The summed E-state index contributed by atoms with van der Waals surface area (Å²) in [7, 11) is 1.68. The Morgan fingerprint density at radius 3 is 3.11 bits per heavy atom. The lowest BCUT2D eigenvalue weighted by atomic mass is 10.2. The van der Waals surface area contributed by atoms with Crippen LogP contribution in [0.2, 0.25) is 0 Å². The lowest BCUT2D eigenvalue weighted by Crippen LogP contribution is -2.09. The quantitative estimate of drug-likeness (QED) is 0.930. The first kappa shape index (κ1) is 12.5. The molecule has 1 atom stereocenters. The fraction of sp³-hybridized carbons (Fsp3) is 0.267. The van der Waals surface area contributed by atoms with Gasteiger partial charge in [-0.1, -0.05) is 6.07 Å². The maximum absolute atomic E-state index is 5.27. The third-order valence-electron chi connectivity index (χ3n) is 3.46. The lowest BCUT2D eigenvalue weighted by Gasteiger charge is -2.16. The van der Waals surface area contributed by atoms with E-state index in [0.717, 1.165) is 34.4 Å². The Kier molecular flexibility index (Phi) is 3.42. The highest BCUT2D eigenvalue weighted by Gasteiger charge is 2.23. The molecule has 0 saturated heterocycles. The number of aromatic nitrogens is 1. The number of hydrogen-bond acceptors (Lipinski definition) is 3. The van der Waals surface area contributed by atoms with E-state index in [-0.39, 0.29) is 6.04 Å². The standard InChI is InChI=1S/C15H15BrN2O/c1-19-11-5-6-12(16)14(9-11)18-13-7-4-10-3-2-8-17-15(10)13/h2-3,5-6,8-9,13,18H,4,7H2,1H3. The van der Waals surface area contributed by atoms with Crippen molar-refractivity contribution in [2.75, 3.05) is 12.4 Å². The molecule has 2 aromatic rings. The molecule has 1 aromatic carbocycles. The van der Waals surface area contributed by atoms with Crippen molar-refractivity contribution in [3.63, 3.8) is 0 Å². The first-order valence-corrected chi connectivity index (χ1v) is 7.11. The Morgan fingerprint density at radius 1 is 1.37 bits per heavy atom. The summed E-state index contributed by atoms with van der Waals surface area (Å²) in [6.45, 7) is 0. The number of halogens is 1. The second kappa shape index (κ2) is 5.21. The molecule has 0 bridgehead atoms. The van der Waals surface area contributed by atoms with Gasteiger partial charge >= 0.3 is 0 Å². The van der Waals surface area contributed by atoms with Crippen LogP contribution in [0.3, 0.4) is 0 Å². The van der Waals surface area contributed by atoms with Crippen LogP contribution in [-0.2, 0) is 6.42 Å². The first-order valence-electron chi connectivity index (χ1n) is 6.32. The summed E-state index contributed by atoms with van der Waals surface area (Å²) in [4.78, 5) is 4.50. The molecule has 4 heteroatoms. The first-order chi connectivity index (χ1) is 9.28. The zero-order valence-electron chi connectivity index (χ0n) is 10.7. The van der Waals surface area contributed by atoms with Crippen molar-refractivity contribution in [3.8, 4) is 5.75 Å². The van der Waals surface area contributed by atoms with Crippen molar-refractivity contribution in [1.29, 1.82) is 0 Å². The van der Waals surface area contributed by atoms with Gasteiger partial charge in [-0.2, -0.15) is 0 Å². The van der Waals surface area contributed by atoms with Crippen LogP contribution in [0.4, 0.5) is 5.69 Å². The average molecular weight is 319 g/mol. The van der Waals surface area contributed by atoms with Gasteiger partial charge in [-0.3, -0.25) is 4.98 Å². The highest BCUT2D eigenvalue weighted by atomic mass is 79.9. The monoisotopic (exact) mass is 318 g/mol. The highest BCUT2D eigenvalue weighted by Crippen LogP contribution is 2.35. The molecule has 0 spiro atoms. The van der Waals surface area contributed by atoms with Crippen molar-refractivity contribution in [2.45, 2.75) is 18.9 Å². The van der Waals surface area contributed by atoms with Crippen LogP contribution in [0.15, 0.2) is 41.0 Å². The molecule has 1 heterocycles. The van der Waals surface area contributed by atoms with E-state index in [4.69, 9.17) is 4.74 Å². The SMILES string of the molecule is COc1ccc(Br)c(NC2CCc3cccnc32)c1. The fourth-order valence-corrected chi connectivity index (χ4v) is 2.84. The van der Waals surface area contributed by atoms with E-state index in [9.17, 15) is 0 Å². The highest BCUT2D eigenvalue weighted by molar-refractivity contribution is 9.10. The number of nitrogens with one attached hydrogen (secondary N) is 1. The van der Waals surface area contributed by atoms with Gasteiger partial charge in [-0.15, -0.1) is 0 Å². The molecule has 19 heavy (non-hydrogen) atoms. The van der Waals surface area contributed by atoms with Crippen LogP contribution >= 0.6 is 15.9 Å². The molecular weight excluding hydrogens is 304 g/mol. The van der Waals surface area contributed by atoms with Gasteiger partial charge in [0.1, 0.15) is 5.75 Å². The van der Waals surface area contributed by atoms with E-state index in [0.29, 0.717) is 0 Å². The summed E-state index contributed by atoms with van der Waals surface area (Å²) < 4.78 is 6.31. The molecule has 1 aliphatic rings. The second-order valence-electron chi connectivity index (χ2n) is 4.63. The van der Waals surface area contributed by atoms with Crippen LogP contribution < -0.4 is 10.1 Å². The summed E-state index contributed by atoms with van der Waals surface area (Å²) in [6, 6.07) is 10.4. The third-order valence-corrected chi connectivity index (χ3v) is 4.15. The summed E-state index contributed by atoms with van der Waals surface area (Å²) in [5, 5.41) is 3.55. The van der Waals surface area contributed by atoms with Crippen LogP contribution in [0.25, 0.3) is 0 Å². The number of nitrogens with zero attached hydrogens (tertiary/aromatic N) is 1. The molecule has 1 N–H and O–H groups in total. The Balaban J connectivity index is 1.87. The van der Waals surface area contributed by atoms with Gasteiger partial charge < -0.3 is 10.1 Å². The van der Waals surface area contributed by atoms with Crippen molar-refractivity contribution in [3.05, 3.63) is 52.3 Å². The largest absolute Gasteiger partial charge is 0.497 e. The number of benzene rings is 1. The van der Waals surface area contributed by atoms with Crippen LogP contribution in [-0.4, -0.2) is 12.1 Å². The molecule has 98 valence electrons. The van der Waals surface area contributed by atoms with Crippen molar-refractivity contribution in [2.24, 2.45) is 0 Å². The van der Waals surface area contributed by atoms with Crippen LogP contribution in [0.5, 0.6) is 5.75 Å². The van der Waals surface area contributed by atoms with Crippen molar-refractivity contribution < 1.29 is 4.74 Å². The molecule has 1 aliphatic carbocycles. The average Bonchev–Trinajstić information content (AvgIpc) is 2.85. The van der Waals surface area contributed by atoms with E-state index in [1.54, 1.807) is 7.11 Å². The Bertz CT molecular complexity index is 600. The second-order valence-corrected chi connectivity index (χ2v) is 5.48. The normalized spacial score (nSPS) is 17.1. The van der Waals surface area contributed by atoms with Gasteiger partial charge in [0.2, 0.25) is 0 Å². The Labute approximate surface area is 121 Å². The number of hydrogen-bond donors (Lipinski definition) is 1. The number of ether oxygens (including phenoxy) is 1. The molecule has 0 fully saturated rings. The maximum Gasteiger partial charge on any atom is 0.121 e. The number of methoxy groups -OCH3 is 1. The van der Waals surface area contributed by atoms with E-state index in [2.05, 4.69) is 32.3 Å². The topological polar surface area (TPSA) is 34.1 Å². The molecule has 1 aromatic heterocycles. The van der Waals surface area contributed by atoms with Gasteiger partial charge in [0.05, 0.1) is 24.5 Å².